The van der Waals surface area contributed by atoms with Gasteiger partial charge < -0.3 is 5.32 Å². The highest BCUT2D eigenvalue weighted by molar-refractivity contribution is 5.38. The molecule has 0 amide bonds. The van der Waals surface area contributed by atoms with E-state index < -0.39 is 11.7 Å². The lowest BCUT2D eigenvalue weighted by Gasteiger charge is -2.18. The van der Waals surface area contributed by atoms with Crippen LogP contribution < -0.4 is 5.32 Å². The number of nitrogens with zero attached hydrogens (tertiary/aromatic N) is 2. The fourth-order valence-electron chi connectivity index (χ4n) is 2.92. The van der Waals surface area contributed by atoms with Gasteiger partial charge in [0.25, 0.3) is 0 Å². The second kappa shape index (κ2) is 7.21. The third kappa shape index (κ3) is 4.26. The van der Waals surface area contributed by atoms with Crippen LogP contribution in [0.2, 0.25) is 0 Å². The van der Waals surface area contributed by atoms with Crippen LogP contribution in [-0.2, 0) is 19.3 Å². The zero-order valence-corrected chi connectivity index (χ0v) is 13.3. The molecule has 0 radical (unpaired) electrons. The van der Waals surface area contributed by atoms with Crippen LogP contribution in [0.25, 0.3) is 0 Å². The SMILES string of the molecule is FC(F)(F)c1ccc(NCc2ccccc2CN2CCCC2)nc1. The molecule has 3 nitrogen and oxygen atoms in total. The predicted octanol–water partition coefficient (Wildman–Crippen LogP) is 4.31. The van der Waals surface area contributed by atoms with Gasteiger partial charge in [-0.2, -0.15) is 13.2 Å². The van der Waals surface area contributed by atoms with Gasteiger partial charge in [-0.1, -0.05) is 24.3 Å². The zero-order chi connectivity index (χ0) is 17.0. The van der Waals surface area contributed by atoms with Gasteiger partial charge in [-0.15, -0.1) is 0 Å². The minimum absolute atomic E-state index is 0.443. The van der Waals surface area contributed by atoms with Gasteiger partial charge in [0.1, 0.15) is 5.82 Å². The Kier molecular flexibility index (Phi) is 5.04. The second-order valence-corrected chi connectivity index (χ2v) is 6.04. The molecule has 0 unspecified atom stereocenters. The highest BCUT2D eigenvalue weighted by Gasteiger charge is 2.30. The van der Waals surface area contributed by atoms with Gasteiger partial charge in [-0.3, -0.25) is 4.90 Å². The summed E-state index contributed by atoms with van der Waals surface area (Å²) in [6.45, 7) is 3.71. The summed E-state index contributed by atoms with van der Waals surface area (Å²) in [7, 11) is 0. The summed E-state index contributed by atoms with van der Waals surface area (Å²) in [5.74, 6) is 0.443. The van der Waals surface area contributed by atoms with Crippen molar-refractivity contribution in [3.8, 4) is 0 Å². The molecule has 2 aromatic rings. The van der Waals surface area contributed by atoms with Gasteiger partial charge in [0, 0.05) is 19.3 Å². The maximum atomic E-state index is 12.6. The Bertz CT molecular complexity index is 662. The van der Waals surface area contributed by atoms with Gasteiger partial charge in [-0.05, 0) is 49.2 Å². The molecule has 0 aliphatic carbocycles. The molecule has 3 rings (SSSR count). The minimum atomic E-state index is -4.35. The van der Waals surface area contributed by atoms with Crippen molar-refractivity contribution < 1.29 is 13.2 Å². The number of likely N-dealkylation sites (tertiary alicyclic amines) is 1. The van der Waals surface area contributed by atoms with Crippen LogP contribution in [0.15, 0.2) is 42.6 Å². The summed E-state index contributed by atoms with van der Waals surface area (Å²) >= 11 is 0. The number of nitrogens with one attached hydrogen (secondary N) is 1. The van der Waals surface area contributed by atoms with E-state index in [0.717, 1.165) is 37.5 Å². The van der Waals surface area contributed by atoms with Crippen LogP contribution in [0, 0.1) is 0 Å². The number of pyridine rings is 1. The first-order chi connectivity index (χ1) is 11.5. The van der Waals surface area contributed by atoms with E-state index in [1.807, 2.05) is 18.2 Å². The molecule has 1 saturated heterocycles. The number of hydrogen-bond acceptors (Lipinski definition) is 3. The van der Waals surface area contributed by atoms with Gasteiger partial charge in [0.05, 0.1) is 5.56 Å². The standard InChI is InChI=1S/C18H20F3N3/c19-18(20,21)16-7-8-17(23-12-16)22-11-14-5-1-2-6-15(14)13-24-9-3-4-10-24/h1-2,5-8,12H,3-4,9-11,13H2,(H,22,23). The van der Waals surface area contributed by atoms with Crippen molar-refractivity contribution in [3.63, 3.8) is 0 Å². The molecule has 1 aromatic carbocycles. The molecule has 0 bridgehead atoms. The first-order valence-electron chi connectivity index (χ1n) is 8.08. The van der Waals surface area contributed by atoms with E-state index in [-0.39, 0.29) is 0 Å². The highest BCUT2D eigenvalue weighted by atomic mass is 19.4. The lowest BCUT2D eigenvalue weighted by atomic mass is 10.1. The number of benzene rings is 1. The molecule has 6 heteroatoms. The average Bonchev–Trinajstić information content (AvgIpc) is 3.07. The van der Waals surface area contributed by atoms with Crippen LogP contribution >= 0.6 is 0 Å². The Morgan fingerprint density at radius 3 is 2.33 bits per heavy atom. The van der Waals surface area contributed by atoms with Crippen molar-refractivity contribution in [2.75, 3.05) is 18.4 Å². The van der Waals surface area contributed by atoms with Crippen molar-refractivity contribution in [2.45, 2.75) is 32.1 Å². The zero-order valence-electron chi connectivity index (χ0n) is 13.3. The summed E-state index contributed by atoms with van der Waals surface area (Å²) in [6.07, 6.45) is -1.00. The van der Waals surface area contributed by atoms with E-state index >= 15 is 0 Å². The lowest BCUT2D eigenvalue weighted by molar-refractivity contribution is -0.137. The molecule has 24 heavy (non-hydrogen) atoms. The Labute approximate surface area is 139 Å². The molecule has 1 aliphatic heterocycles. The normalized spacial score (nSPS) is 15.6. The summed E-state index contributed by atoms with van der Waals surface area (Å²) < 4.78 is 37.7. The van der Waals surface area contributed by atoms with Crippen molar-refractivity contribution in [1.82, 2.24) is 9.88 Å². The quantitative estimate of drug-likeness (QED) is 0.882. The summed E-state index contributed by atoms with van der Waals surface area (Å²) in [5.41, 5.74) is 1.66. The minimum Gasteiger partial charge on any atom is -0.366 e. The van der Waals surface area contributed by atoms with E-state index in [0.29, 0.717) is 12.4 Å². The second-order valence-electron chi connectivity index (χ2n) is 6.04. The van der Waals surface area contributed by atoms with E-state index in [1.54, 1.807) is 0 Å². The molecule has 2 heterocycles. The van der Waals surface area contributed by atoms with Crippen molar-refractivity contribution in [1.29, 1.82) is 0 Å². The number of aromatic nitrogens is 1. The summed E-state index contributed by atoms with van der Waals surface area (Å²) in [6, 6.07) is 10.6. The Morgan fingerprint density at radius 2 is 1.71 bits per heavy atom. The first kappa shape index (κ1) is 16.8. The van der Waals surface area contributed by atoms with Gasteiger partial charge in [0.15, 0.2) is 0 Å². The van der Waals surface area contributed by atoms with Crippen LogP contribution in [0.1, 0.15) is 29.5 Å². The predicted molar refractivity (Wildman–Crippen MR) is 87.5 cm³/mol. The largest absolute Gasteiger partial charge is 0.417 e. The van der Waals surface area contributed by atoms with Crippen LogP contribution in [0.3, 0.4) is 0 Å². The number of anilines is 1. The molecule has 1 aromatic heterocycles. The highest BCUT2D eigenvalue weighted by Crippen LogP contribution is 2.29. The Hall–Kier alpha value is -2.08. The van der Waals surface area contributed by atoms with E-state index in [4.69, 9.17) is 0 Å². The first-order valence-corrected chi connectivity index (χ1v) is 8.08. The molecule has 1 aliphatic rings. The number of rotatable bonds is 5. The molecule has 0 spiro atoms. The van der Waals surface area contributed by atoms with Crippen LogP contribution in [0.4, 0.5) is 19.0 Å². The van der Waals surface area contributed by atoms with Gasteiger partial charge >= 0.3 is 6.18 Å². The molecule has 1 N–H and O–H groups in total. The monoisotopic (exact) mass is 335 g/mol. The number of hydrogen-bond donors (Lipinski definition) is 1. The van der Waals surface area contributed by atoms with Crippen LogP contribution in [0.5, 0.6) is 0 Å². The van der Waals surface area contributed by atoms with E-state index in [1.165, 1.54) is 24.5 Å². The molecular formula is C18H20F3N3. The van der Waals surface area contributed by atoms with Gasteiger partial charge in [-0.25, -0.2) is 4.98 Å². The maximum Gasteiger partial charge on any atom is 0.417 e. The fourth-order valence-corrected chi connectivity index (χ4v) is 2.92. The number of halogens is 3. The summed E-state index contributed by atoms with van der Waals surface area (Å²) in [5, 5.41) is 3.11. The molecule has 0 atom stereocenters. The van der Waals surface area contributed by atoms with E-state index in [2.05, 4.69) is 21.3 Å². The average molecular weight is 335 g/mol. The Balaban J connectivity index is 1.64. The fraction of sp³-hybridized carbons (Fsp3) is 0.389. The maximum absolute atomic E-state index is 12.6. The van der Waals surface area contributed by atoms with E-state index in [9.17, 15) is 13.2 Å². The third-order valence-electron chi connectivity index (χ3n) is 4.26. The molecule has 0 saturated carbocycles. The smallest absolute Gasteiger partial charge is 0.366 e. The van der Waals surface area contributed by atoms with Crippen molar-refractivity contribution in [2.24, 2.45) is 0 Å². The van der Waals surface area contributed by atoms with Crippen molar-refractivity contribution >= 4 is 5.82 Å². The summed E-state index contributed by atoms with van der Waals surface area (Å²) in [4.78, 5) is 6.28. The van der Waals surface area contributed by atoms with Crippen molar-refractivity contribution in [3.05, 3.63) is 59.3 Å². The lowest BCUT2D eigenvalue weighted by Crippen LogP contribution is -2.19. The topological polar surface area (TPSA) is 28.2 Å². The molecular weight excluding hydrogens is 315 g/mol. The van der Waals surface area contributed by atoms with Crippen LogP contribution in [-0.4, -0.2) is 23.0 Å². The van der Waals surface area contributed by atoms with Gasteiger partial charge in [0.2, 0.25) is 0 Å². The number of alkyl halides is 3. The third-order valence-corrected chi connectivity index (χ3v) is 4.26. The molecule has 1 fully saturated rings. The molecule has 128 valence electrons. The Morgan fingerprint density at radius 1 is 1.00 bits per heavy atom.